The normalized spacial score (nSPS) is 10.4. The van der Waals surface area contributed by atoms with Crippen molar-refractivity contribution in [3.8, 4) is 23.3 Å². The molecule has 0 saturated carbocycles. The maximum absolute atomic E-state index is 11.8. The van der Waals surface area contributed by atoms with Crippen LogP contribution >= 0.6 is 11.6 Å². The van der Waals surface area contributed by atoms with Crippen molar-refractivity contribution in [2.45, 2.75) is 0 Å². The highest BCUT2D eigenvalue weighted by molar-refractivity contribution is 6.30. The number of non-ortho nitro benzene ring substituents is 1. The first-order chi connectivity index (χ1) is 15.4. The van der Waals surface area contributed by atoms with Crippen LogP contribution in [0.25, 0.3) is 0 Å². The number of carbonyl (C=O) groups is 1. The van der Waals surface area contributed by atoms with Gasteiger partial charge >= 0.3 is 0 Å². The van der Waals surface area contributed by atoms with Gasteiger partial charge in [0, 0.05) is 17.2 Å². The Morgan fingerprint density at radius 2 is 1.94 bits per heavy atom. The lowest BCUT2D eigenvalue weighted by Gasteiger charge is -2.08. The monoisotopic (exact) mass is 450 g/mol. The van der Waals surface area contributed by atoms with Gasteiger partial charge in [0.05, 0.1) is 11.1 Å². The highest BCUT2D eigenvalue weighted by Gasteiger charge is 2.12. The van der Waals surface area contributed by atoms with Gasteiger partial charge in [-0.3, -0.25) is 14.9 Å². The zero-order valence-corrected chi connectivity index (χ0v) is 17.2. The lowest BCUT2D eigenvalue weighted by molar-refractivity contribution is -0.384. The lowest BCUT2D eigenvalue weighted by atomic mass is 10.2. The molecule has 0 fully saturated rings. The number of hydrogen-bond acceptors (Lipinski definition) is 7. The Balaban J connectivity index is 1.58. The van der Waals surface area contributed by atoms with Crippen LogP contribution in [-0.2, 0) is 4.79 Å². The summed E-state index contributed by atoms with van der Waals surface area (Å²) in [6.45, 7) is -0.223. The van der Waals surface area contributed by atoms with Gasteiger partial charge in [-0.1, -0.05) is 23.7 Å². The van der Waals surface area contributed by atoms with Crippen molar-refractivity contribution >= 4 is 29.4 Å². The summed E-state index contributed by atoms with van der Waals surface area (Å²) >= 11 is 5.79. The molecule has 32 heavy (non-hydrogen) atoms. The second-order valence-corrected chi connectivity index (χ2v) is 6.70. The van der Waals surface area contributed by atoms with Gasteiger partial charge in [0.1, 0.15) is 28.9 Å². The van der Waals surface area contributed by atoms with Crippen molar-refractivity contribution in [3.05, 3.63) is 93.0 Å². The van der Waals surface area contributed by atoms with E-state index in [1.54, 1.807) is 48.5 Å². The predicted octanol–water partition coefficient (Wildman–Crippen LogP) is 4.44. The van der Waals surface area contributed by atoms with Crippen LogP contribution in [0.1, 0.15) is 11.1 Å². The minimum Gasteiger partial charge on any atom is -0.484 e. The molecule has 0 heterocycles. The number of nitriles is 1. The van der Waals surface area contributed by atoms with Crippen LogP contribution in [0, 0.1) is 21.4 Å². The second kappa shape index (κ2) is 10.6. The molecule has 0 aliphatic rings. The Kier molecular flexibility index (Phi) is 7.35. The number of hydrazone groups is 1. The molecule has 10 heteroatoms. The molecule has 0 unspecified atom stereocenters. The van der Waals surface area contributed by atoms with Crippen molar-refractivity contribution in [2.75, 3.05) is 6.61 Å². The number of rotatable bonds is 8. The van der Waals surface area contributed by atoms with Crippen LogP contribution in [0.5, 0.6) is 17.2 Å². The summed E-state index contributed by atoms with van der Waals surface area (Å²) in [5.41, 5.74) is 2.79. The van der Waals surface area contributed by atoms with Gasteiger partial charge in [-0.25, -0.2) is 5.43 Å². The first-order valence-corrected chi connectivity index (χ1v) is 9.49. The summed E-state index contributed by atoms with van der Waals surface area (Å²) in [5, 5.41) is 24.5. The van der Waals surface area contributed by atoms with Crippen molar-refractivity contribution in [2.24, 2.45) is 5.10 Å². The molecule has 0 radical (unpaired) electrons. The van der Waals surface area contributed by atoms with Crippen LogP contribution < -0.4 is 14.9 Å². The van der Waals surface area contributed by atoms with Crippen molar-refractivity contribution in [1.29, 1.82) is 5.26 Å². The summed E-state index contributed by atoms with van der Waals surface area (Å²) < 4.78 is 11.0. The quantitative estimate of drug-likeness (QED) is 0.307. The first kappa shape index (κ1) is 22.3. The highest BCUT2D eigenvalue weighted by atomic mass is 35.5. The fourth-order valence-electron chi connectivity index (χ4n) is 2.48. The summed E-state index contributed by atoms with van der Waals surface area (Å²) in [7, 11) is 0. The third-order valence-corrected chi connectivity index (χ3v) is 4.22. The molecule has 0 saturated heterocycles. The smallest absolute Gasteiger partial charge is 0.277 e. The van der Waals surface area contributed by atoms with Crippen molar-refractivity contribution < 1.29 is 19.2 Å². The molecule has 0 spiro atoms. The summed E-state index contributed by atoms with van der Waals surface area (Å²) in [5.74, 6) is 0.617. The van der Waals surface area contributed by atoms with E-state index in [1.165, 1.54) is 18.3 Å². The van der Waals surface area contributed by atoms with Gasteiger partial charge in [0.25, 0.3) is 11.6 Å². The molecule has 1 amide bonds. The number of nitrogens with zero attached hydrogens (tertiary/aromatic N) is 3. The Hall–Kier alpha value is -4.42. The number of nitro groups is 1. The van der Waals surface area contributed by atoms with Crippen molar-refractivity contribution in [1.82, 2.24) is 5.43 Å². The van der Waals surface area contributed by atoms with Gasteiger partial charge in [-0.2, -0.15) is 10.4 Å². The van der Waals surface area contributed by atoms with Crippen LogP contribution in [0.3, 0.4) is 0 Å². The van der Waals surface area contributed by atoms with Gasteiger partial charge in [-0.05, 0) is 48.0 Å². The van der Waals surface area contributed by atoms with Gasteiger partial charge in [-0.15, -0.1) is 0 Å². The highest BCUT2D eigenvalue weighted by Crippen LogP contribution is 2.28. The topological polar surface area (TPSA) is 127 Å². The Bertz CT molecular complexity index is 1210. The molecule has 0 aliphatic heterocycles. The minimum atomic E-state index is -0.587. The molecular formula is C22H15ClN4O5. The maximum atomic E-state index is 11.8. The zero-order chi connectivity index (χ0) is 22.9. The Morgan fingerprint density at radius 1 is 1.16 bits per heavy atom. The molecule has 0 bridgehead atoms. The number of benzene rings is 3. The van der Waals surface area contributed by atoms with Gasteiger partial charge in [0.2, 0.25) is 0 Å². The van der Waals surface area contributed by atoms with E-state index < -0.39 is 10.8 Å². The van der Waals surface area contributed by atoms with E-state index in [1.807, 2.05) is 6.07 Å². The SMILES string of the molecule is N#Cc1cc([N+](=O)[O-])ccc1Oc1cccc(C=NNC(=O)COc2ccc(Cl)cc2)c1. The number of ether oxygens (including phenoxy) is 2. The molecule has 3 aromatic carbocycles. The minimum absolute atomic E-state index is 0.0335. The third-order valence-electron chi connectivity index (χ3n) is 3.97. The number of nitro benzene ring substituents is 1. The molecule has 0 aliphatic carbocycles. The second-order valence-electron chi connectivity index (χ2n) is 6.26. The fraction of sp³-hybridized carbons (Fsp3) is 0.0455. The van der Waals surface area contributed by atoms with Crippen LogP contribution in [0.4, 0.5) is 5.69 Å². The van der Waals surface area contributed by atoms with E-state index in [-0.39, 0.29) is 23.6 Å². The molecule has 9 nitrogen and oxygen atoms in total. The Morgan fingerprint density at radius 3 is 2.66 bits per heavy atom. The largest absolute Gasteiger partial charge is 0.484 e. The van der Waals surface area contributed by atoms with E-state index in [0.29, 0.717) is 22.1 Å². The zero-order valence-electron chi connectivity index (χ0n) is 16.4. The average Bonchev–Trinajstić information content (AvgIpc) is 2.79. The summed E-state index contributed by atoms with van der Waals surface area (Å²) in [4.78, 5) is 22.1. The maximum Gasteiger partial charge on any atom is 0.277 e. The van der Waals surface area contributed by atoms with E-state index in [4.69, 9.17) is 21.1 Å². The number of hydrogen-bond donors (Lipinski definition) is 1. The number of amides is 1. The molecule has 1 N–H and O–H groups in total. The van der Waals surface area contributed by atoms with Crippen LogP contribution in [0.15, 0.2) is 71.8 Å². The molecule has 3 aromatic rings. The Labute approximate surface area is 187 Å². The van der Waals surface area contributed by atoms with Gasteiger partial charge < -0.3 is 9.47 Å². The number of halogens is 1. The summed E-state index contributed by atoms with van der Waals surface area (Å²) in [6.07, 6.45) is 1.41. The lowest BCUT2D eigenvalue weighted by Crippen LogP contribution is -2.24. The van der Waals surface area contributed by atoms with E-state index in [9.17, 15) is 20.2 Å². The molecule has 160 valence electrons. The van der Waals surface area contributed by atoms with E-state index in [0.717, 1.165) is 6.07 Å². The van der Waals surface area contributed by atoms with Gasteiger partial charge in [0.15, 0.2) is 6.61 Å². The summed E-state index contributed by atoms with van der Waals surface area (Å²) in [6, 6.07) is 18.9. The molecular weight excluding hydrogens is 436 g/mol. The average molecular weight is 451 g/mol. The predicted molar refractivity (Wildman–Crippen MR) is 117 cm³/mol. The number of carbonyl (C=O) groups excluding carboxylic acids is 1. The molecule has 3 rings (SSSR count). The number of nitrogens with one attached hydrogen (secondary N) is 1. The molecule has 0 atom stereocenters. The van der Waals surface area contributed by atoms with E-state index in [2.05, 4.69) is 10.5 Å². The van der Waals surface area contributed by atoms with Crippen molar-refractivity contribution in [3.63, 3.8) is 0 Å². The van der Waals surface area contributed by atoms with E-state index >= 15 is 0 Å². The third kappa shape index (κ3) is 6.29. The van der Waals surface area contributed by atoms with Crippen LogP contribution in [-0.4, -0.2) is 23.7 Å². The standard InChI is InChI=1S/C22H15ClN4O5/c23-17-4-7-19(8-5-17)31-14-22(28)26-25-13-15-2-1-3-20(10-15)32-21-9-6-18(27(29)30)11-16(21)12-24/h1-11,13H,14H2,(H,26,28). The fourth-order valence-corrected chi connectivity index (χ4v) is 2.61. The van der Waals surface area contributed by atoms with Crippen LogP contribution in [0.2, 0.25) is 5.02 Å². The first-order valence-electron chi connectivity index (χ1n) is 9.11. The molecule has 0 aromatic heterocycles.